The van der Waals surface area contributed by atoms with E-state index in [1.807, 2.05) is 0 Å². The molecule has 1 aliphatic heterocycles. The zero-order valence-electron chi connectivity index (χ0n) is 9.61. The number of hydrogen-bond acceptors (Lipinski definition) is 5. The van der Waals surface area contributed by atoms with Crippen molar-refractivity contribution in [3.63, 3.8) is 0 Å². The highest BCUT2D eigenvalue weighted by molar-refractivity contribution is 5.92. The first kappa shape index (κ1) is 13.2. The predicted molar refractivity (Wildman–Crippen MR) is 62.9 cm³/mol. The van der Waals surface area contributed by atoms with Crippen molar-refractivity contribution in [3.05, 3.63) is 42.1 Å². The van der Waals surface area contributed by atoms with Crippen molar-refractivity contribution < 1.29 is 17.9 Å². The fourth-order valence-corrected chi connectivity index (χ4v) is 1.59. The Morgan fingerprint density at radius 2 is 1.84 bits per heavy atom. The van der Waals surface area contributed by atoms with E-state index in [9.17, 15) is 13.2 Å². The summed E-state index contributed by atoms with van der Waals surface area (Å²) in [5, 5.41) is 2.78. The van der Waals surface area contributed by atoms with Gasteiger partial charge in [-0.15, -0.1) is 13.2 Å². The second kappa shape index (κ2) is 4.47. The summed E-state index contributed by atoms with van der Waals surface area (Å²) in [5.41, 5.74) is 11.9. The third kappa shape index (κ3) is 3.16. The Morgan fingerprint density at radius 3 is 2.37 bits per heavy atom. The van der Waals surface area contributed by atoms with Crippen LogP contribution in [0.1, 0.15) is 5.56 Å². The van der Waals surface area contributed by atoms with Gasteiger partial charge in [0.15, 0.2) is 0 Å². The Hall–Kier alpha value is -2.22. The Bertz CT molecular complexity index is 524. The summed E-state index contributed by atoms with van der Waals surface area (Å²) in [4.78, 5) is 4.00. The molecule has 0 spiro atoms. The van der Waals surface area contributed by atoms with Gasteiger partial charge in [0.25, 0.3) is 0 Å². The monoisotopic (exact) mass is 272 g/mol. The summed E-state index contributed by atoms with van der Waals surface area (Å²) in [5.74, 6) is -1.41. The summed E-state index contributed by atoms with van der Waals surface area (Å²) in [6.07, 6.45) is -1.69. The Morgan fingerprint density at radius 1 is 1.21 bits per heavy atom. The molecule has 8 heteroatoms. The molecule has 1 aromatic rings. The molecular weight excluding hydrogens is 261 g/mol. The van der Waals surface area contributed by atoms with Gasteiger partial charge in [-0.3, -0.25) is 5.73 Å². The van der Waals surface area contributed by atoms with Gasteiger partial charge in [-0.05, 0) is 30.3 Å². The number of nitrogens with zero attached hydrogens (tertiary/aromatic N) is 1. The molecule has 0 saturated carbocycles. The number of ether oxygens (including phenoxy) is 1. The van der Waals surface area contributed by atoms with E-state index in [1.54, 1.807) is 0 Å². The minimum atomic E-state index is -4.73. The third-order valence-electron chi connectivity index (χ3n) is 2.39. The minimum Gasteiger partial charge on any atom is -0.406 e. The van der Waals surface area contributed by atoms with Crippen LogP contribution in [0.2, 0.25) is 0 Å². The molecule has 1 aromatic carbocycles. The van der Waals surface area contributed by atoms with E-state index in [1.165, 1.54) is 24.4 Å². The van der Waals surface area contributed by atoms with E-state index in [2.05, 4.69) is 15.0 Å². The van der Waals surface area contributed by atoms with Gasteiger partial charge in [-0.1, -0.05) is 0 Å². The van der Waals surface area contributed by atoms with Crippen LogP contribution in [-0.4, -0.2) is 12.2 Å². The molecule has 5 nitrogen and oxygen atoms in total. The molecule has 0 saturated heterocycles. The van der Waals surface area contributed by atoms with E-state index < -0.39 is 12.1 Å². The zero-order chi connectivity index (χ0) is 14.1. The molecule has 1 heterocycles. The van der Waals surface area contributed by atoms with Crippen molar-refractivity contribution in [2.75, 3.05) is 0 Å². The number of alkyl halides is 3. The average Bonchev–Trinajstić information content (AvgIpc) is 2.27. The van der Waals surface area contributed by atoms with Crippen LogP contribution in [0.15, 0.2) is 41.5 Å². The molecule has 1 unspecified atom stereocenters. The molecule has 0 radical (unpaired) electrons. The van der Waals surface area contributed by atoms with Crippen molar-refractivity contribution in [2.45, 2.75) is 12.1 Å². The molecular formula is C11H11F3N4O. The van der Waals surface area contributed by atoms with E-state index in [0.717, 1.165) is 12.1 Å². The first-order valence-corrected chi connectivity index (χ1v) is 5.23. The van der Waals surface area contributed by atoms with Crippen LogP contribution in [0.3, 0.4) is 0 Å². The number of nitrogens with two attached hydrogens (primary N) is 2. The second-order valence-corrected chi connectivity index (χ2v) is 3.85. The van der Waals surface area contributed by atoms with Gasteiger partial charge in [-0.25, -0.2) is 4.99 Å². The van der Waals surface area contributed by atoms with E-state index >= 15 is 0 Å². The molecule has 19 heavy (non-hydrogen) atoms. The number of benzene rings is 1. The van der Waals surface area contributed by atoms with Crippen molar-refractivity contribution >= 4 is 5.84 Å². The van der Waals surface area contributed by atoms with Crippen LogP contribution in [0.25, 0.3) is 0 Å². The van der Waals surface area contributed by atoms with Crippen LogP contribution < -0.4 is 21.5 Å². The number of nitrogens with one attached hydrogen (secondary N) is 1. The van der Waals surface area contributed by atoms with E-state index in [0.29, 0.717) is 5.56 Å². The Labute approximate surface area is 106 Å². The third-order valence-corrected chi connectivity index (χ3v) is 2.39. The lowest BCUT2D eigenvalue weighted by Gasteiger charge is -2.28. The SMILES string of the molecule is NC1=NC(N)(c2ccc(OC(F)(F)F)cc2)NC=C1. The van der Waals surface area contributed by atoms with Crippen LogP contribution >= 0.6 is 0 Å². The maximum Gasteiger partial charge on any atom is 0.573 e. The summed E-state index contributed by atoms with van der Waals surface area (Å²) < 4.78 is 39.8. The normalized spacial score (nSPS) is 22.6. The van der Waals surface area contributed by atoms with E-state index in [-0.39, 0.29) is 11.6 Å². The molecule has 102 valence electrons. The summed E-state index contributed by atoms with van der Waals surface area (Å²) in [6, 6.07) is 5.07. The number of aliphatic imine (C=N–C) groups is 1. The summed E-state index contributed by atoms with van der Waals surface area (Å²) in [6.45, 7) is 0. The standard InChI is InChI=1S/C11H11F3N4O/c12-11(13,14)19-8-3-1-7(2-4-8)10(16)17-6-5-9(15)18-10/h1-6,17H,16H2,(H2,15,18). The minimum absolute atomic E-state index is 0.219. The quantitative estimate of drug-likeness (QED) is 0.753. The van der Waals surface area contributed by atoms with Crippen molar-refractivity contribution in [2.24, 2.45) is 16.5 Å². The molecule has 5 N–H and O–H groups in total. The molecule has 1 atom stereocenters. The maximum absolute atomic E-state index is 12.0. The van der Waals surface area contributed by atoms with Crippen molar-refractivity contribution in [1.82, 2.24) is 5.32 Å². The second-order valence-electron chi connectivity index (χ2n) is 3.85. The first-order valence-electron chi connectivity index (χ1n) is 5.23. The molecule has 0 aliphatic carbocycles. The molecule has 0 aromatic heterocycles. The Kier molecular flexibility index (Phi) is 3.11. The fraction of sp³-hybridized carbons (Fsp3) is 0.182. The average molecular weight is 272 g/mol. The smallest absolute Gasteiger partial charge is 0.406 e. The maximum atomic E-state index is 12.0. The predicted octanol–water partition coefficient (Wildman–Crippen LogP) is 1.13. The van der Waals surface area contributed by atoms with E-state index in [4.69, 9.17) is 11.5 Å². The topological polar surface area (TPSA) is 85.7 Å². The molecule has 1 aliphatic rings. The van der Waals surface area contributed by atoms with Crippen molar-refractivity contribution in [3.8, 4) is 5.75 Å². The molecule has 0 amide bonds. The number of hydrogen-bond donors (Lipinski definition) is 3. The highest BCUT2D eigenvalue weighted by atomic mass is 19.4. The summed E-state index contributed by atoms with van der Waals surface area (Å²) >= 11 is 0. The van der Waals surface area contributed by atoms with Gasteiger partial charge in [0.1, 0.15) is 11.6 Å². The highest BCUT2D eigenvalue weighted by Gasteiger charge is 2.32. The van der Waals surface area contributed by atoms with Gasteiger partial charge < -0.3 is 15.8 Å². The number of rotatable bonds is 2. The van der Waals surface area contributed by atoms with Crippen LogP contribution in [0.5, 0.6) is 5.75 Å². The summed E-state index contributed by atoms with van der Waals surface area (Å²) in [7, 11) is 0. The van der Waals surface area contributed by atoms with Gasteiger partial charge >= 0.3 is 6.36 Å². The molecule has 2 rings (SSSR count). The van der Waals surface area contributed by atoms with Gasteiger partial charge in [0.05, 0.1) is 0 Å². The van der Waals surface area contributed by atoms with Crippen LogP contribution in [0, 0.1) is 0 Å². The van der Waals surface area contributed by atoms with Gasteiger partial charge in [0, 0.05) is 11.8 Å². The lowest BCUT2D eigenvalue weighted by atomic mass is 10.1. The molecule has 0 fully saturated rings. The highest BCUT2D eigenvalue weighted by Crippen LogP contribution is 2.26. The lowest BCUT2D eigenvalue weighted by Crippen LogP contribution is -2.49. The van der Waals surface area contributed by atoms with Gasteiger partial charge in [0.2, 0.25) is 5.79 Å². The first-order chi connectivity index (χ1) is 8.78. The largest absolute Gasteiger partial charge is 0.573 e. The van der Waals surface area contributed by atoms with Gasteiger partial charge in [-0.2, -0.15) is 0 Å². The zero-order valence-corrected chi connectivity index (χ0v) is 9.61. The van der Waals surface area contributed by atoms with Crippen LogP contribution in [0.4, 0.5) is 13.2 Å². The fourth-order valence-electron chi connectivity index (χ4n) is 1.59. The Balaban J connectivity index is 2.21. The van der Waals surface area contributed by atoms with Crippen molar-refractivity contribution in [1.29, 1.82) is 0 Å². The number of amidine groups is 1. The number of halogens is 3. The molecule has 0 bridgehead atoms. The van der Waals surface area contributed by atoms with Crippen LogP contribution in [-0.2, 0) is 5.79 Å². The lowest BCUT2D eigenvalue weighted by molar-refractivity contribution is -0.274.